The molecule has 0 radical (unpaired) electrons. The fourth-order valence-corrected chi connectivity index (χ4v) is 6.30. The van der Waals surface area contributed by atoms with Crippen molar-refractivity contribution < 1.29 is 13.6 Å². The zero-order valence-corrected chi connectivity index (χ0v) is 21.4. The second-order valence-electron chi connectivity index (χ2n) is 9.47. The van der Waals surface area contributed by atoms with Crippen molar-refractivity contribution in [2.24, 2.45) is 5.16 Å². The summed E-state index contributed by atoms with van der Waals surface area (Å²) in [6, 6.07) is 21.2. The van der Waals surface area contributed by atoms with Gasteiger partial charge in [0.15, 0.2) is 0 Å². The highest BCUT2D eigenvalue weighted by Crippen LogP contribution is 2.44. The van der Waals surface area contributed by atoms with Gasteiger partial charge >= 0.3 is 0 Å². The van der Waals surface area contributed by atoms with Gasteiger partial charge in [-0.3, -0.25) is 4.98 Å². The molecule has 0 unspecified atom stereocenters. The molecule has 1 aromatic heterocycles. The maximum atomic E-state index is 11.9. The number of sulfonamides is 1. The number of nitrogens with zero attached hydrogens (tertiary/aromatic N) is 3. The van der Waals surface area contributed by atoms with Gasteiger partial charge in [-0.05, 0) is 72.6 Å². The lowest BCUT2D eigenvalue weighted by molar-refractivity contribution is 0.319. The lowest BCUT2D eigenvalue weighted by Gasteiger charge is -2.36. The third-order valence-corrected chi connectivity index (χ3v) is 8.57. The van der Waals surface area contributed by atoms with Crippen LogP contribution in [0.4, 0.5) is 0 Å². The van der Waals surface area contributed by atoms with Crippen molar-refractivity contribution in [3.8, 4) is 0 Å². The second-order valence-corrected chi connectivity index (χ2v) is 11.4. The largest absolute Gasteiger partial charge is 0.411 e. The van der Waals surface area contributed by atoms with E-state index in [2.05, 4.69) is 59.5 Å². The van der Waals surface area contributed by atoms with Gasteiger partial charge in [-0.2, -0.15) is 0 Å². The van der Waals surface area contributed by atoms with Crippen LogP contribution in [0.2, 0.25) is 0 Å². The van der Waals surface area contributed by atoms with Crippen LogP contribution in [0.15, 0.2) is 72.0 Å². The van der Waals surface area contributed by atoms with Crippen molar-refractivity contribution in [2.75, 3.05) is 19.3 Å². The topological polar surface area (TPSA) is 82.9 Å². The lowest BCUT2D eigenvalue weighted by atomic mass is 9.66. The van der Waals surface area contributed by atoms with E-state index in [0.717, 1.165) is 40.8 Å². The highest BCUT2D eigenvalue weighted by atomic mass is 32.2. The van der Waals surface area contributed by atoms with E-state index in [-0.39, 0.29) is 0 Å². The van der Waals surface area contributed by atoms with E-state index < -0.39 is 15.4 Å². The molecule has 0 bridgehead atoms. The van der Waals surface area contributed by atoms with Gasteiger partial charge in [0.2, 0.25) is 10.0 Å². The van der Waals surface area contributed by atoms with Crippen LogP contribution in [0.1, 0.15) is 58.7 Å². The van der Waals surface area contributed by atoms with Gasteiger partial charge in [0.05, 0.1) is 11.7 Å². The molecular weight excluding hydrogens is 458 g/mol. The van der Waals surface area contributed by atoms with Gasteiger partial charge in [0, 0.05) is 37.6 Å². The predicted octanol–water partition coefficient (Wildman–Crippen LogP) is 5.02. The Bertz CT molecular complexity index is 1300. The van der Waals surface area contributed by atoms with Crippen molar-refractivity contribution in [2.45, 2.75) is 44.4 Å². The summed E-state index contributed by atoms with van der Waals surface area (Å²) in [5.41, 5.74) is 6.11. The van der Waals surface area contributed by atoms with Crippen LogP contribution in [-0.2, 0) is 15.4 Å². The maximum Gasteiger partial charge on any atom is 0.211 e. The Labute approximate surface area is 208 Å². The van der Waals surface area contributed by atoms with Crippen LogP contribution < -0.4 is 0 Å². The molecule has 1 fully saturated rings. The molecule has 184 valence electrons. The SMILES string of the molecule is Cc1cc([C@@](C/C=N/O)(c2ccc(C3CCN(S(C)(=O)=O)CC3)cc2)c2ccccc2C)ccn1. The van der Waals surface area contributed by atoms with Crippen LogP contribution in [0, 0.1) is 13.8 Å². The molecule has 7 heteroatoms. The summed E-state index contributed by atoms with van der Waals surface area (Å²) in [7, 11) is -3.14. The Balaban J connectivity index is 1.78. The molecule has 1 aliphatic heterocycles. The molecule has 1 aliphatic rings. The number of piperidine rings is 1. The Morgan fingerprint density at radius 3 is 2.34 bits per heavy atom. The first-order valence-electron chi connectivity index (χ1n) is 12.0. The molecule has 0 saturated carbocycles. The molecule has 1 atom stereocenters. The van der Waals surface area contributed by atoms with E-state index in [1.54, 1.807) is 10.5 Å². The number of hydrogen-bond acceptors (Lipinski definition) is 5. The zero-order valence-electron chi connectivity index (χ0n) is 20.6. The Hall–Kier alpha value is -3.03. The van der Waals surface area contributed by atoms with Gasteiger partial charge in [-0.25, -0.2) is 12.7 Å². The molecule has 2 heterocycles. The summed E-state index contributed by atoms with van der Waals surface area (Å²) >= 11 is 0. The Morgan fingerprint density at radius 1 is 1.06 bits per heavy atom. The van der Waals surface area contributed by atoms with Crippen molar-refractivity contribution in [1.82, 2.24) is 9.29 Å². The summed E-state index contributed by atoms with van der Waals surface area (Å²) < 4.78 is 25.3. The minimum Gasteiger partial charge on any atom is -0.411 e. The Kier molecular flexibility index (Phi) is 7.38. The monoisotopic (exact) mass is 491 g/mol. The van der Waals surface area contributed by atoms with E-state index in [1.165, 1.54) is 11.8 Å². The molecule has 0 aliphatic carbocycles. The van der Waals surface area contributed by atoms with Crippen molar-refractivity contribution in [3.05, 3.63) is 100 Å². The van der Waals surface area contributed by atoms with Crippen LogP contribution in [-0.4, -0.2) is 48.5 Å². The smallest absolute Gasteiger partial charge is 0.211 e. The maximum absolute atomic E-state index is 11.9. The molecule has 0 spiro atoms. The fourth-order valence-electron chi connectivity index (χ4n) is 5.42. The number of benzene rings is 2. The predicted molar refractivity (Wildman–Crippen MR) is 140 cm³/mol. The average molecular weight is 492 g/mol. The highest BCUT2D eigenvalue weighted by Gasteiger charge is 2.37. The first kappa shape index (κ1) is 25.1. The summed E-state index contributed by atoms with van der Waals surface area (Å²) in [5.74, 6) is 0.331. The summed E-state index contributed by atoms with van der Waals surface area (Å²) in [6.07, 6.45) is 6.80. The first-order chi connectivity index (χ1) is 16.8. The van der Waals surface area contributed by atoms with Gasteiger partial charge in [-0.1, -0.05) is 48.5 Å². The Morgan fingerprint density at radius 2 is 1.74 bits per heavy atom. The van der Waals surface area contributed by atoms with Gasteiger partial charge < -0.3 is 5.21 Å². The summed E-state index contributed by atoms with van der Waals surface area (Å²) in [4.78, 5) is 4.41. The molecule has 3 aromatic rings. The quantitative estimate of drug-likeness (QED) is 0.286. The van der Waals surface area contributed by atoms with E-state index >= 15 is 0 Å². The van der Waals surface area contributed by atoms with Gasteiger partial charge in [0.1, 0.15) is 0 Å². The van der Waals surface area contributed by atoms with E-state index in [9.17, 15) is 13.6 Å². The molecule has 6 nitrogen and oxygen atoms in total. The second kappa shape index (κ2) is 10.3. The fraction of sp³-hybridized carbons (Fsp3) is 0.357. The minimum absolute atomic E-state index is 0.331. The van der Waals surface area contributed by atoms with Gasteiger partial charge in [-0.15, -0.1) is 5.16 Å². The number of rotatable bonds is 7. The normalized spacial score (nSPS) is 17.5. The van der Waals surface area contributed by atoms with E-state index in [0.29, 0.717) is 25.4 Å². The zero-order chi connectivity index (χ0) is 25.1. The standard InChI is InChI=1S/C28H33N3O3S/c1-21-6-4-5-7-27(21)28(15-17-30-32,26-12-16-29-22(2)20-26)25-10-8-23(9-11-25)24-13-18-31(19-14-24)35(3,33)34/h4-12,16-17,20,24,32H,13-15,18-19H2,1-3H3/b30-17+/t28-/m1/s1. The highest BCUT2D eigenvalue weighted by molar-refractivity contribution is 7.88. The van der Waals surface area contributed by atoms with Crippen molar-refractivity contribution >= 4 is 16.2 Å². The molecule has 0 amide bonds. The molecule has 4 rings (SSSR count). The number of oxime groups is 1. The molecule has 2 aromatic carbocycles. The summed E-state index contributed by atoms with van der Waals surface area (Å²) in [5, 5.41) is 12.8. The number of pyridine rings is 1. The molecule has 1 N–H and O–H groups in total. The van der Waals surface area contributed by atoms with Gasteiger partial charge in [0.25, 0.3) is 0 Å². The van der Waals surface area contributed by atoms with Crippen molar-refractivity contribution in [1.29, 1.82) is 0 Å². The summed E-state index contributed by atoms with van der Waals surface area (Å²) in [6.45, 7) is 5.21. The van der Waals surface area contributed by atoms with Crippen LogP contribution >= 0.6 is 0 Å². The number of hydrogen-bond donors (Lipinski definition) is 1. The third kappa shape index (κ3) is 5.16. The van der Waals surface area contributed by atoms with Crippen LogP contribution in [0.3, 0.4) is 0 Å². The molecule has 1 saturated heterocycles. The minimum atomic E-state index is -3.14. The average Bonchev–Trinajstić information content (AvgIpc) is 2.85. The van der Waals surface area contributed by atoms with E-state index in [4.69, 9.17) is 0 Å². The van der Waals surface area contributed by atoms with E-state index in [1.807, 2.05) is 31.3 Å². The third-order valence-electron chi connectivity index (χ3n) is 7.27. The van der Waals surface area contributed by atoms with Crippen LogP contribution in [0.25, 0.3) is 0 Å². The lowest BCUT2D eigenvalue weighted by Crippen LogP contribution is -2.37. The molecular formula is C28H33N3O3S. The van der Waals surface area contributed by atoms with Crippen LogP contribution in [0.5, 0.6) is 0 Å². The first-order valence-corrected chi connectivity index (χ1v) is 13.8. The van der Waals surface area contributed by atoms with Crippen molar-refractivity contribution in [3.63, 3.8) is 0 Å². The number of aromatic nitrogens is 1. The number of aryl methyl sites for hydroxylation is 2. The molecule has 35 heavy (non-hydrogen) atoms.